The first kappa shape index (κ1) is 31.6. The summed E-state index contributed by atoms with van der Waals surface area (Å²) in [5.41, 5.74) is 0.488. The van der Waals surface area contributed by atoms with Crippen LogP contribution in [-0.2, 0) is 26.6 Å². The van der Waals surface area contributed by atoms with Gasteiger partial charge in [-0.05, 0) is 61.2 Å². The summed E-state index contributed by atoms with van der Waals surface area (Å²) < 4.78 is 36.1. The lowest BCUT2D eigenvalue weighted by Crippen LogP contribution is -2.50. The molecule has 182 valence electrons. The van der Waals surface area contributed by atoms with Gasteiger partial charge in [-0.1, -0.05) is 35.4 Å². The molecule has 0 aliphatic heterocycles. The quantitative estimate of drug-likeness (QED) is 0.0914. The molecule has 0 rings (SSSR count). The van der Waals surface area contributed by atoms with E-state index in [0.717, 1.165) is 11.5 Å². The zero-order chi connectivity index (χ0) is 22.9. The minimum Gasteiger partial charge on any atom is -0.374 e. The average molecular weight is 539 g/mol. The number of rotatable bonds is 21. The molecule has 0 radical (unpaired) electrons. The highest BCUT2D eigenvalue weighted by Gasteiger charge is 2.47. The summed E-state index contributed by atoms with van der Waals surface area (Å²) in [5.74, 6) is 1.85. The molecule has 0 aliphatic rings. The Morgan fingerprint density at radius 3 is 0.933 bits per heavy atom. The zero-order valence-electron chi connectivity index (χ0n) is 19.9. The van der Waals surface area contributed by atoms with Gasteiger partial charge in [0, 0.05) is 62.2 Å². The van der Waals surface area contributed by atoms with E-state index in [4.69, 9.17) is 26.6 Å². The van der Waals surface area contributed by atoms with Crippen LogP contribution >= 0.6 is 41.2 Å². The fourth-order valence-electron chi connectivity index (χ4n) is 2.81. The maximum absolute atomic E-state index is 6.01. The van der Waals surface area contributed by atoms with Gasteiger partial charge in [-0.3, -0.25) is 0 Å². The Kier molecular flexibility index (Phi) is 20.0. The molecule has 30 heavy (non-hydrogen) atoms. The van der Waals surface area contributed by atoms with Crippen molar-refractivity contribution in [2.75, 3.05) is 51.1 Å². The molecule has 0 amide bonds. The summed E-state index contributed by atoms with van der Waals surface area (Å²) in [6.45, 7) is 20.0. The van der Waals surface area contributed by atoms with E-state index < -0.39 is 17.6 Å². The largest absolute Gasteiger partial charge is 0.504 e. The Balaban J connectivity index is 4.49. The Morgan fingerprint density at radius 1 is 0.500 bits per heavy atom. The Bertz CT molecular complexity index is 345. The van der Waals surface area contributed by atoms with E-state index in [2.05, 4.69) is 13.8 Å². The highest BCUT2D eigenvalue weighted by Crippen LogP contribution is 2.47. The maximum atomic E-state index is 6.01. The number of hydrogen-bond donors (Lipinski definition) is 0. The first-order chi connectivity index (χ1) is 14.4. The summed E-state index contributed by atoms with van der Waals surface area (Å²) in [4.78, 5) is 0. The first-order valence-corrected chi connectivity index (χ1v) is 19.6. The minimum atomic E-state index is -2.63. The second kappa shape index (κ2) is 19.0. The van der Waals surface area contributed by atoms with Crippen LogP contribution in [0.15, 0.2) is 0 Å². The second-order valence-electron chi connectivity index (χ2n) is 6.31. The SMILES string of the molecule is CCO[Si](OCC)(OCC)C(C)CSSSSCC(C)[Si](OCC)(OCC)OCC. The van der Waals surface area contributed by atoms with Gasteiger partial charge in [-0.25, -0.2) is 0 Å². The number of hydrogen-bond acceptors (Lipinski definition) is 10. The third kappa shape index (κ3) is 11.1. The Morgan fingerprint density at radius 2 is 0.733 bits per heavy atom. The third-order valence-electron chi connectivity index (χ3n) is 4.04. The standard InChI is InChI=1S/C18H42O6S4Si2/c1-9-19-29(20-10-2,21-11-3)17(7)15-25-27-28-26-16-18(8)30(22-12-4,23-13-5)24-14-6/h17-18H,9-16H2,1-8H3. The van der Waals surface area contributed by atoms with Crippen LogP contribution in [0.5, 0.6) is 0 Å². The molecule has 0 aromatic carbocycles. The van der Waals surface area contributed by atoms with Crippen LogP contribution in [0.1, 0.15) is 55.4 Å². The molecule has 0 heterocycles. The van der Waals surface area contributed by atoms with Crippen molar-refractivity contribution >= 4 is 58.8 Å². The van der Waals surface area contributed by atoms with Crippen LogP contribution in [0, 0.1) is 0 Å². The average Bonchev–Trinajstić information content (AvgIpc) is 2.71. The predicted octanol–water partition coefficient (Wildman–Crippen LogP) is 6.54. The molecule has 0 spiro atoms. The summed E-state index contributed by atoms with van der Waals surface area (Å²) in [5, 5.41) is 0. The van der Waals surface area contributed by atoms with E-state index in [0.29, 0.717) is 39.6 Å². The summed E-state index contributed by atoms with van der Waals surface area (Å²) in [6, 6.07) is 0. The summed E-state index contributed by atoms with van der Waals surface area (Å²) in [7, 11) is 1.97. The van der Waals surface area contributed by atoms with E-state index in [1.807, 2.05) is 63.1 Å². The molecule has 0 saturated carbocycles. The minimum absolute atomic E-state index is 0.244. The van der Waals surface area contributed by atoms with Gasteiger partial charge in [0.1, 0.15) is 0 Å². The Labute approximate surface area is 202 Å². The maximum Gasteiger partial charge on any atom is 0.504 e. The first-order valence-electron chi connectivity index (χ1n) is 10.8. The highest BCUT2D eigenvalue weighted by molar-refractivity contribution is 9.26. The molecule has 0 aromatic rings. The fourth-order valence-corrected chi connectivity index (χ4v) is 16.5. The van der Waals surface area contributed by atoms with Crippen molar-refractivity contribution in [3.8, 4) is 0 Å². The molecule has 0 fully saturated rings. The molecular formula is C18H42O6S4Si2. The molecule has 12 heteroatoms. The molecular weight excluding hydrogens is 497 g/mol. The van der Waals surface area contributed by atoms with Crippen molar-refractivity contribution < 1.29 is 26.6 Å². The summed E-state index contributed by atoms with van der Waals surface area (Å²) in [6.07, 6.45) is 0. The van der Waals surface area contributed by atoms with Gasteiger partial charge < -0.3 is 26.6 Å². The van der Waals surface area contributed by atoms with Crippen molar-refractivity contribution in [3.05, 3.63) is 0 Å². The second-order valence-corrected chi connectivity index (χ2v) is 18.5. The van der Waals surface area contributed by atoms with E-state index in [9.17, 15) is 0 Å². The van der Waals surface area contributed by atoms with Gasteiger partial charge >= 0.3 is 17.6 Å². The van der Waals surface area contributed by atoms with Gasteiger partial charge in [0.25, 0.3) is 0 Å². The molecule has 0 N–H and O–H groups in total. The molecule has 2 atom stereocenters. The van der Waals surface area contributed by atoms with E-state index >= 15 is 0 Å². The van der Waals surface area contributed by atoms with Gasteiger partial charge in [-0.15, -0.1) is 0 Å². The van der Waals surface area contributed by atoms with Crippen molar-refractivity contribution in [2.45, 2.75) is 66.5 Å². The monoisotopic (exact) mass is 538 g/mol. The van der Waals surface area contributed by atoms with Crippen LogP contribution in [0.25, 0.3) is 0 Å². The van der Waals surface area contributed by atoms with E-state index in [1.54, 1.807) is 19.7 Å². The van der Waals surface area contributed by atoms with Gasteiger partial charge in [0.05, 0.1) is 0 Å². The van der Waals surface area contributed by atoms with E-state index in [1.165, 1.54) is 0 Å². The molecule has 0 aliphatic carbocycles. The normalized spacial score (nSPS) is 14.8. The topological polar surface area (TPSA) is 55.4 Å². The smallest absolute Gasteiger partial charge is 0.374 e. The van der Waals surface area contributed by atoms with Gasteiger partial charge in [-0.2, -0.15) is 0 Å². The molecule has 0 saturated heterocycles. The van der Waals surface area contributed by atoms with Crippen molar-refractivity contribution in [3.63, 3.8) is 0 Å². The molecule has 0 aromatic heterocycles. The molecule has 6 nitrogen and oxygen atoms in total. The van der Waals surface area contributed by atoms with Gasteiger partial charge in [0.2, 0.25) is 0 Å². The van der Waals surface area contributed by atoms with Crippen LogP contribution in [-0.4, -0.2) is 68.8 Å². The molecule has 0 bridgehead atoms. The van der Waals surface area contributed by atoms with Crippen molar-refractivity contribution in [2.24, 2.45) is 0 Å². The zero-order valence-corrected chi connectivity index (χ0v) is 25.2. The van der Waals surface area contributed by atoms with E-state index in [-0.39, 0.29) is 11.1 Å². The summed E-state index contributed by atoms with van der Waals surface area (Å²) >= 11 is 0. The van der Waals surface area contributed by atoms with Gasteiger partial charge in [0.15, 0.2) is 0 Å². The van der Waals surface area contributed by atoms with Crippen LogP contribution < -0.4 is 0 Å². The lowest BCUT2D eigenvalue weighted by atomic mass is 10.6. The van der Waals surface area contributed by atoms with Crippen molar-refractivity contribution in [1.82, 2.24) is 0 Å². The third-order valence-corrected chi connectivity index (χ3v) is 18.4. The van der Waals surface area contributed by atoms with Crippen molar-refractivity contribution in [1.29, 1.82) is 0 Å². The van der Waals surface area contributed by atoms with Crippen LogP contribution in [0.4, 0.5) is 0 Å². The van der Waals surface area contributed by atoms with Crippen LogP contribution in [0.2, 0.25) is 11.1 Å². The fraction of sp³-hybridized carbons (Fsp3) is 1.00. The molecule has 2 unspecified atom stereocenters. The predicted molar refractivity (Wildman–Crippen MR) is 140 cm³/mol. The lowest BCUT2D eigenvalue weighted by Gasteiger charge is -2.33. The Hall–Kier alpha value is 1.59. The lowest BCUT2D eigenvalue weighted by molar-refractivity contribution is 0.0639. The highest BCUT2D eigenvalue weighted by atomic mass is 33.7. The van der Waals surface area contributed by atoms with Crippen LogP contribution in [0.3, 0.4) is 0 Å².